The monoisotopic (exact) mass is 377 g/mol. The third-order valence-corrected chi connectivity index (χ3v) is 4.83. The summed E-state index contributed by atoms with van der Waals surface area (Å²) >= 11 is 0. The molecule has 2 heterocycles. The Hall–Kier alpha value is -3.45. The highest BCUT2D eigenvalue weighted by atomic mass is 19.1. The van der Waals surface area contributed by atoms with Crippen LogP contribution < -0.4 is 11.3 Å². The summed E-state index contributed by atoms with van der Waals surface area (Å²) in [6.07, 6.45) is 9.76. The number of hydrogen-bond donors (Lipinski definition) is 2. The van der Waals surface area contributed by atoms with Gasteiger partial charge in [0.2, 0.25) is 0 Å². The number of hydrogen-bond acceptors (Lipinski definition) is 5. The number of nitrogens with zero attached hydrogens (tertiary/aromatic N) is 3. The minimum absolute atomic E-state index is 0. The Bertz CT molecular complexity index is 1190. The van der Waals surface area contributed by atoms with Crippen LogP contribution in [0.5, 0.6) is 0 Å². The molecule has 0 aliphatic heterocycles. The molecule has 28 heavy (non-hydrogen) atoms. The maximum atomic E-state index is 14.7. The third-order valence-electron chi connectivity index (χ3n) is 4.83. The molecule has 3 N–H and O–H groups in total. The molecule has 1 aliphatic carbocycles. The zero-order chi connectivity index (χ0) is 19.7. The molecule has 142 valence electrons. The molecule has 1 aliphatic rings. The Morgan fingerprint density at radius 1 is 1.32 bits per heavy atom. The molecule has 2 atom stereocenters. The topological polar surface area (TPSA) is 97.6 Å². The number of pyridine rings is 1. The van der Waals surface area contributed by atoms with Crippen molar-refractivity contribution in [2.45, 2.75) is 12.6 Å². The van der Waals surface area contributed by atoms with E-state index >= 15 is 0 Å². The number of halogens is 1. The number of fused-ring (bicyclic) bond motifs is 1. The predicted octanol–water partition coefficient (Wildman–Crippen LogP) is 2.77. The minimum Gasteiger partial charge on any atom is -0.324 e. The van der Waals surface area contributed by atoms with Crippen LogP contribution in [0.1, 0.15) is 12.6 Å². The van der Waals surface area contributed by atoms with E-state index in [4.69, 9.17) is 11.1 Å². The van der Waals surface area contributed by atoms with Gasteiger partial charge >= 0.3 is 0 Å². The fourth-order valence-corrected chi connectivity index (χ4v) is 3.23. The molecule has 3 aromatic rings. The number of rotatable bonds is 4. The van der Waals surface area contributed by atoms with Crippen molar-refractivity contribution >= 4 is 22.8 Å². The molecule has 0 bridgehead atoms. The number of nitrogens with two attached hydrogens (primary N) is 1. The smallest absolute Gasteiger partial charge is 0.263 e. The van der Waals surface area contributed by atoms with Crippen LogP contribution in [0, 0.1) is 17.1 Å². The van der Waals surface area contributed by atoms with Crippen molar-refractivity contribution in [1.82, 2.24) is 14.5 Å². The van der Waals surface area contributed by atoms with Gasteiger partial charge in [0.05, 0.1) is 11.9 Å². The Morgan fingerprint density at radius 2 is 2.18 bits per heavy atom. The van der Waals surface area contributed by atoms with Gasteiger partial charge in [0, 0.05) is 31.4 Å². The van der Waals surface area contributed by atoms with Gasteiger partial charge in [-0.15, -0.1) is 0 Å². The molecule has 0 spiro atoms. The number of aromatic nitrogens is 3. The molecular formula is C21H20FN5O. The summed E-state index contributed by atoms with van der Waals surface area (Å²) in [5, 5.41) is 7.75. The molecule has 1 aromatic carbocycles. The van der Waals surface area contributed by atoms with Crippen molar-refractivity contribution in [1.29, 1.82) is 5.41 Å². The average Bonchev–Trinajstić information content (AvgIpc) is 2.71. The summed E-state index contributed by atoms with van der Waals surface area (Å²) in [6.45, 7) is 0.0764. The maximum absolute atomic E-state index is 14.7. The van der Waals surface area contributed by atoms with Crippen molar-refractivity contribution in [2.75, 3.05) is 0 Å². The van der Waals surface area contributed by atoms with E-state index in [0.717, 1.165) is 5.57 Å². The van der Waals surface area contributed by atoms with Gasteiger partial charge in [0.15, 0.2) is 5.65 Å². The fraction of sp³-hybridized carbons (Fsp3) is 0.143. The molecule has 6 nitrogen and oxygen atoms in total. The Morgan fingerprint density at radius 3 is 2.93 bits per heavy atom. The van der Waals surface area contributed by atoms with Crippen LogP contribution in [0.25, 0.3) is 16.6 Å². The van der Waals surface area contributed by atoms with Crippen molar-refractivity contribution in [3.8, 4) is 0 Å². The standard InChI is InChI=1S/C21H18FN5O.H2/c22-18-8-13(14-3-5-15(10-23)19(24)9-14)4-6-16(18)11-27-12-26-20-17(21(27)28)2-1-7-25-20;/h1-10,12,15,19,23H,11,24H2;1H. The Balaban J connectivity index is 0.00000240. The van der Waals surface area contributed by atoms with Crippen LogP contribution in [0.3, 0.4) is 0 Å². The maximum Gasteiger partial charge on any atom is 0.263 e. The highest BCUT2D eigenvalue weighted by Crippen LogP contribution is 2.25. The molecule has 0 saturated heterocycles. The first-order valence-corrected chi connectivity index (χ1v) is 8.82. The van der Waals surface area contributed by atoms with Crippen LogP contribution >= 0.6 is 0 Å². The van der Waals surface area contributed by atoms with Gasteiger partial charge in [0.25, 0.3) is 5.56 Å². The van der Waals surface area contributed by atoms with E-state index in [2.05, 4.69) is 9.97 Å². The molecule has 2 unspecified atom stereocenters. The second-order valence-electron chi connectivity index (χ2n) is 6.66. The normalized spacial score (nSPS) is 18.9. The van der Waals surface area contributed by atoms with E-state index in [1.807, 2.05) is 18.2 Å². The molecule has 7 heteroatoms. The SMILES string of the molecule is N=CC1C=CC(c2ccc(Cn3cnc4ncccc4c3=O)c(F)c2)=CC1N.[HH]. The molecule has 4 rings (SSSR count). The van der Waals surface area contributed by atoms with Gasteiger partial charge in [-0.1, -0.05) is 30.4 Å². The highest BCUT2D eigenvalue weighted by molar-refractivity contribution is 5.78. The lowest BCUT2D eigenvalue weighted by atomic mass is 9.90. The first-order valence-electron chi connectivity index (χ1n) is 8.82. The van der Waals surface area contributed by atoms with Gasteiger partial charge in [-0.3, -0.25) is 9.36 Å². The van der Waals surface area contributed by atoms with Crippen LogP contribution in [0.2, 0.25) is 0 Å². The van der Waals surface area contributed by atoms with Gasteiger partial charge in [-0.05, 0) is 29.3 Å². The Labute approximate surface area is 161 Å². The lowest BCUT2D eigenvalue weighted by Crippen LogP contribution is -2.29. The summed E-state index contributed by atoms with van der Waals surface area (Å²) < 4.78 is 16.1. The second kappa shape index (κ2) is 7.28. The number of allylic oxidation sites excluding steroid dienone is 2. The first kappa shape index (κ1) is 17.9. The van der Waals surface area contributed by atoms with E-state index in [-0.39, 0.29) is 25.5 Å². The summed E-state index contributed by atoms with van der Waals surface area (Å²) in [7, 11) is 0. The second-order valence-corrected chi connectivity index (χ2v) is 6.66. The minimum atomic E-state index is -0.410. The zero-order valence-electron chi connectivity index (χ0n) is 14.9. The van der Waals surface area contributed by atoms with Crippen LogP contribution in [0.4, 0.5) is 4.39 Å². The van der Waals surface area contributed by atoms with Crippen molar-refractivity contribution in [2.24, 2.45) is 11.7 Å². The van der Waals surface area contributed by atoms with Gasteiger partial charge in [-0.2, -0.15) is 0 Å². The summed E-state index contributed by atoms with van der Waals surface area (Å²) in [4.78, 5) is 20.8. The quantitative estimate of drug-likeness (QED) is 0.683. The number of nitrogens with one attached hydrogen (secondary N) is 1. The van der Waals surface area contributed by atoms with Gasteiger partial charge in [0.1, 0.15) is 12.1 Å². The van der Waals surface area contributed by atoms with Crippen molar-refractivity contribution in [3.63, 3.8) is 0 Å². The Kier molecular flexibility index (Phi) is 4.67. The molecular weight excluding hydrogens is 357 g/mol. The van der Waals surface area contributed by atoms with Crippen molar-refractivity contribution in [3.05, 3.63) is 88.4 Å². The van der Waals surface area contributed by atoms with Crippen LogP contribution in [-0.2, 0) is 6.54 Å². The summed E-state index contributed by atoms with van der Waals surface area (Å²) in [5.74, 6) is -0.553. The van der Waals surface area contributed by atoms with Crippen LogP contribution in [0.15, 0.2) is 65.9 Å². The van der Waals surface area contributed by atoms with Gasteiger partial charge < -0.3 is 11.1 Å². The van der Waals surface area contributed by atoms with Gasteiger partial charge in [-0.25, -0.2) is 14.4 Å². The lowest BCUT2D eigenvalue weighted by molar-refractivity contribution is 0.595. The summed E-state index contributed by atoms with van der Waals surface area (Å²) in [6, 6.07) is 7.91. The molecule has 0 radical (unpaired) electrons. The zero-order valence-corrected chi connectivity index (χ0v) is 14.9. The molecule has 2 aromatic heterocycles. The summed E-state index contributed by atoms with van der Waals surface area (Å²) in [5.41, 5.74) is 8.03. The predicted molar refractivity (Wildman–Crippen MR) is 109 cm³/mol. The van der Waals surface area contributed by atoms with E-state index < -0.39 is 5.82 Å². The molecule has 0 fully saturated rings. The first-order chi connectivity index (χ1) is 13.6. The largest absolute Gasteiger partial charge is 0.324 e. The fourth-order valence-electron chi connectivity index (χ4n) is 3.23. The van der Waals surface area contributed by atoms with E-state index in [0.29, 0.717) is 22.2 Å². The third kappa shape index (κ3) is 3.27. The highest BCUT2D eigenvalue weighted by Gasteiger charge is 2.16. The van der Waals surface area contributed by atoms with E-state index in [1.165, 1.54) is 23.2 Å². The average molecular weight is 377 g/mol. The lowest BCUT2D eigenvalue weighted by Gasteiger charge is -2.19. The molecule has 0 amide bonds. The number of benzene rings is 1. The van der Waals surface area contributed by atoms with E-state index in [1.54, 1.807) is 30.5 Å². The van der Waals surface area contributed by atoms with E-state index in [9.17, 15) is 9.18 Å². The van der Waals surface area contributed by atoms with Crippen LogP contribution in [-0.4, -0.2) is 26.8 Å². The van der Waals surface area contributed by atoms with Crippen molar-refractivity contribution < 1.29 is 5.82 Å². The molecule has 0 saturated carbocycles.